The van der Waals surface area contributed by atoms with E-state index in [4.69, 9.17) is 4.42 Å². The molecule has 1 aliphatic heterocycles. The third-order valence-corrected chi connectivity index (χ3v) is 4.10. The number of thiophene rings is 1. The Kier molecular flexibility index (Phi) is 3.20. The SMILES string of the molecule is Cc1oc(-c2cccs2)nc1CN1CCC(O)C1. The van der Waals surface area contributed by atoms with Gasteiger partial charge in [0.05, 0.1) is 16.7 Å². The van der Waals surface area contributed by atoms with Crippen molar-refractivity contribution in [3.8, 4) is 10.8 Å². The number of aliphatic hydroxyl groups is 1. The Labute approximate surface area is 110 Å². The molecule has 1 saturated heterocycles. The maximum atomic E-state index is 9.52. The van der Waals surface area contributed by atoms with Crippen LogP contribution in [0.4, 0.5) is 0 Å². The maximum Gasteiger partial charge on any atom is 0.236 e. The minimum atomic E-state index is -0.186. The summed E-state index contributed by atoms with van der Waals surface area (Å²) in [6, 6.07) is 4.01. The summed E-state index contributed by atoms with van der Waals surface area (Å²) in [4.78, 5) is 7.84. The van der Waals surface area contributed by atoms with Crippen LogP contribution in [0.3, 0.4) is 0 Å². The van der Waals surface area contributed by atoms with E-state index in [1.54, 1.807) is 11.3 Å². The molecule has 3 rings (SSSR count). The number of aromatic nitrogens is 1. The molecule has 0 spiro atoms. The van der Waals surface area contributed by atoms with Gasteiger partial charge < -0.3 is 9.52 Å². The van der Waals surface area contributed by atoms with Crippen LogP contribution >= 0.6 is 11.3 Å². The first-order valence-electron chi connectivity index (χ1n) is 6.13. The molecule has 1 fully saturated rings. The highest BCUT2D eigenvalue weighted by molar-refractivity contribution is 7.13. The van der Waals surface area contributed by atoms with Crippen LogP contribution < -0.4 is 0 Å². The lowest BCUT2D eigenvalue weighted by molar-refractivity contribution is 0.174. The van der Waals surface area contributed by atoms with E-state index in [0.717, 1.165) is 42.4 Å². The molecule has 5 heteroatoms. The second kappa shape index (κ2) is 4.84. The van der Waals surface area contributed by atoms with Crippen molar-refractivity contribution >= 4 is 11.3 Å². The molecular formula is C13H16N2O2S. The highest BCUT2D eigenvalue weighted by atomic mass is 32.1. The molecule has 0 saturated carbocycles. The molecule has 0 aliphatic carbocycles. The number of aliphatic hydroxyl groups excluding tert-OH is 1. The Morgan fingerprint density at radius 2 is 2.50 bits per heavy atom. The second-order valence-electron chi connectivity index (χ2n) is 4.68. The van der Waals surface area contributed by atoms with Crippen LogP contribution in [-0.2, 0) is 6.54 Å². The Morgan fingerprint density at radius 1 is 1.61 bits per heavy atom. The minimum absolute atomic E-state index is 0.186. The fourth-order valence-electron chi connectivity index (χ4n) is 2.25. The monoisotopic (exact) mass is 264 g/mol. The van der Waals surface area contributed by atoms with Crippen LogP contribution in [-0.4, -0.2) is 34.2 Å². The molecule has 1 aliphatic rings. The molecule has 0 aromatic carbocycles. The van der Waals surface area contributed by atoms with Gasteiger partial charge in [-0.15, -0.1) is 11.3 Å². The van der Waals surface area contributed by atoms with E-state index in [2.05, 4.69) is 9.88 Å². The largest absolute Gasteiger partial charge is 0.440 e. The average Bonchev–Trinajstić information content (AvgIpc) is 3.02. The fraction of sp³-hybridized carbons (Fsp3) is 0.462. The predicted molar refractivity (Wildman–Crippen MR) is 70.5 cm³/mol. The highest BCUT2D eigenvalue weighted by Crippen LogP contribution is 2.26. The highest BCUT2D eigenvalue weighted by Gasteiger charge is 2.22. The number of hydrogen-bond donors (Lipinski definition) is 1. The summed E-state index contributed by atoms with van der Waals surface area (Å²) in [7, 11) is 0. The topological polar surface area (TPSA) is 49.5 Å². The molecule has 0 amide bonds. The van der Waals surface area contributed by atoms with Crippen molar-refractivity contribution in [3.63, 3.8) is 0 Å². The van der Waals surface area contributed by atoms with Crippen LogP contribution in [0.25, 0.3) is 10.8 Å². The number of oxazole rings is 1. The van der Waals surface area contributed by atoms with Gasteiger partial charge in [0.15, 0.2) is 0 Å². The third-order valence-electron chi connectivity index (χ3n) is 3.25. The van der Waals surface area contributed by atoms with Crippen LogP contribution in [0.2, 0.25) is 0 Å². The normalized spacial score (nSPS) is 20.7. The maximum absolute atomic E-state index is 9.52. The molecule has 2 aromatic rings. The molecule has 1 N–H and O–H groups in total. The van der Waals surface area contributed by atoms with Crippen molar-refractivity contribution in [2.24, 2.45) is 0 Å². The van der Waals surface area contributed by atoms with Gasteiger partial charge in [0, 0.05) is 19.6 Å². The summed E-state index contributed by atoms with van der Waals surface area (Å²) in [6.45, 7) is 4.38. The van der Waals surface area contributed by atoms with Crippen molar-refractivity contribution in [2.75, 3.05) is 13.1 Å². The van der Waals surface area contributed by atoms with E-state index in [-0.39, 0.29) is 6.10 Å². The van der Waals surface area contributed by atoms with Crippen molar-refractivity contribution in [2.45, 2.75) is 26.0 Å². The molecule has 1 atom stereocenters. The van der Waals surface area contributed by atoms with Gasteiger partial charge in [0.25, 0.3) is 0 Å². The van der Waals surface area contributed by atoms with Gasteiger partial charge in [0.1, 0.15) is 5.76 Å². The number of likely N-dealkylation sites (tertiary alicyclic amines) is 1. The molecule has 96 valence electrons. The fourth-order valence-corrected chi connectivity index (χ4v) is 2.90. The summed E-state index contributed by atoms with van der Waals surface area (Å²) in [5.74, 6) is 1.58. The number of nitrogens with zero attached hydrogens (tertiary/aromatic N) is 2. The molecule has 4 nitrogen and oxygen atoms in total. The summed E-state index contributed by atoms with van der Waals surface area (Å²) < 4.78 is 5.71. The summed E-state index contributed by atoms with van der Waals surface area (Å²) in [5, 5.41) is 11.5. The van der Waals surface area contributed by atoms with E-state index < -0.39 is 0 Å². The lowest BCUT2D eigenvalue weighted by Crippen LogP contribution is -2.22. The lowest BCUT2D eigenvalue weighted by atomic mass is 10.3. The van der Waals surface area contributed by atoms with Crippen LogP contribution in [0, 0.1) is 6.92 Å². The second-order valence-corrected chi connectivity index (χ2v) is 5.62. The quantitative estimate of drug-likeness (QED) is 0.924. The average molecular weight is 264 g/mol. The zero-order chi connectivity index (χ0) is 12.5. The van der Waals surface area contributed by atoms with Crippen LogP contribution in [0.5, 0.6) is 0 Å². The standard InChI is InChI=1S/C13H16N2O2S/c1-9-11(8-15-5-4-10(16)7-15)14-13(17-9)12-3-2-6-18-12/h2-3,6,10,16H,4-5,7-8H2,1H3. The van der Waals surface area contributed by atoms with Gasteiger partial charge in [-0.3, -0.25) is 4.90 Å². The Hall–Kier alpha value is -1.17. The number of rotatable bonds is 3. The predicted octanol–water partition coefficient (Wildman–Crippen LogP) is 2.28. The van der Waals surface area contributed by atoms with Gasteiger partial charge in [0.2, 0.25) is 5.89 Å². The van der Waals surface area contributed by atoms with E-state index in [1.165, 1.54) is 0 Å². The first kappa shape index (κ1) is 11.9. The van der Waals surface area contributed by atoms with Crippen molar-refractivity contribution in [1.82, 2.24) is 9.88 Å². The summed E-state index contributed by atoms with van der Waals surface area (Å²) in [5.41, 5.74) is 0.979. The lowest BCUT2D eigenvalue weighted by Gasteiger charge is -2.12. The first-order chi connectivity index (χ1) is 8.72. The smallest absolute Gasteiger partial charge is 0.236 e. The van der Waals surface area contributed by atoms with Crippen molar-refractivity contribution in [1.29, 1.82) is 0 Å². The van der Waals surface area contributed by atoms with Crippen molar-refractivity contribution < 1.29 is 9.52 Å². The van der Waals surface area contributed by atoms with Crippen LogP contribution in [0.1, 0.15) is 17.9 Å². The van der Waals surface area contributed by atoms with Crippen LogP contribution in [0.15, 0.2) is 21.9 Å². The molecule has 3 heterocycles. The Bertz CT molecular complexity index is 521. The summed E-state index contributed by atoms with van der Waals surface area (Å²) >= 11 is 1.63. The molecule has 2 aromatic heterocycles. The number of hydrogen-bond acceptors (Lipinski definition) is 5. The molecule has 0 bridgehead atoms. The third kappa shape index (κ3) is 2.34. The first-order valence-corrected chi connectivity index (χ1v) is 7.01. The van der Waals surface area contributed by atoms with Crippen molar-refractivity contribution in [3.05, 3.63) is 29.0 Å². The van der Waals surface area contributed by atoms with Gasteiger partial charge in [-0.2, -0.15) is 0 Å². The van der Waals surface area contributed by atoms with Gasteiger partial charge in [-0.05, 0) is 24.8 Å². The van der Waals surface area contributed by atoms with E-state index in [0.29, 0.717) is 5.89 Å². The molecule has 0 radical (unpaired) electrons. The van der Waals surface area contributed by atoms with Gasteiger partial charge >= 0.3 is 0 Å². The number of aryl methyl sites for hydroxylation is 1. The zero-order valence-electron chi connectivity index (χ0n) is 10.3. The minimum Gasteiger partial charge on any atom is -0.440 e. The number of β-amino-alcohol motifs (C(OH)–C–C–N with tert-alkyl or cyclic N) is 1. The van der Waals surface area contributed by atoms with Gasteiger partial charge in [-0.1, -0.05) is 6.07 Å². The Morgan fingerprint density at radius 3 is 3.17 bits per heavy atom. The van der Waals surface area contributed by atoms with Gasteiger partial charge in [-0.25, -0.2) is 4.98 Å². The van der Waals surface area contributed by atoms with E-state index in [9.17, 15) is 5.11 Å². The molecule has 18 heavy (non-hydrogen) atoms. The summed E-state index contributed by atoms with van der Waals surface area (Å²) in [6.07, 6.45) is 0.670. The zero-order valence-corrected chi connectivity index (χ0v) is 11.1. The molecular weight excluding hydrogens is 248 g/mol. The Balaban J connectivity index is 1.77. The molecule has 1 unspecified atom stereocenters. The van der Waals surface area contributed by atoms with E-state index >= 15 is 0 Å². The van der Waals surface area contributed by atoms with E-state index in [1.807, 2.05) is 24.4 Å².